The lowest BCUT2D eigenvalue weighted by Crippen LogP contribution is -2.23. The first-order valence-electron chi connectivity index (χ1n) is 6.99. The Morgan fingerprint density at radius 2 is 1.81 bits per heavy atom. The molecule has 0 heterocycles. The molecule has 1 unspecified atom stereocenters. The van der Waals surface area contributed by atoms with Crippen LogP contribution in [-0.4, -0.2) is 23.0 Å². The zero-order valence-electron chi connectivity index (χ0n) is 12.1. The van der Waals surface area contributed by atoms with Gasteiger partial charge >= 0.3 is 5.97 Å². The highest BCUT2D eigenvalue weighted by atomic mass is 16.5. The van der Waals surface area contributed by atoms with Crippen LogP contribution in [0.2, 0.25) is 0 Å². The Kier molecular flexibility index (Phi) is 4.58. The van der Waals surface area contributed by atoms with Crippen LogP contribution in [0.15, 0.2) is 36.4 Å². The van der Waals surface area contributed by atoms with E-state index < -0.39 is 12.1 Å². The van der Waals surface area contributed by atoms with Crippen LogP contribution in [0.3, 0.4) is 0 Å². The summed E-state index contributed by atoms with van der Waals surface area (Å²) in [5, 5.41) is 10.5. The zero-order chi connectivity index (χ0) is 15.4. The van der Waals surface area contributed by atoms with Gasteiger partial charge in [0.05, 0.1) is 0 Å². The molecule has 0 aromatic heterocycles. The standard InChI is InChI=1S/C17H18O4/c1-3-6-15(18)13-9-10-16(21-11(2)17(19)20)14-8-5-4-7-12(13)14/h4-5,7-11H,3,6H2,1-2H3,(H,19,20). The van der Waals surface area contributed by atoms with Gasteiger partial charge in [0.2, 0.25) is 0 Å². The number of Topliss-reactive ketones (excluding diaryl/α,β-unsaturated/α-hetero) is 1. The third-order valence-corrected chi connectivity index (χ3v) is 3.31. The van der Waals surface area contributed by atoms with Crippen LogP contribution in [0, 0.1) is 0 Å². The molecule has 0 amide bonds. The van der Waals surface area contributed by atoms with E-state index in [2.05, 4.69) is 0 Å². The molecule has 21 heavy (non-hydrogen) atoms. The number of ketones is 1. The monoisotopic (exact) mass is 286 g/mol. The summed E-state index contributed by atoms with van der Waals surface area (Å²) in [7, 11) is 0. The number of carbonyl (C=O) groups excluding carboxylic acids is 1. The first-order chi connectivity index (χ1) is 10.0. The molecule has 0 aliphatic heterocycles. The van der Waals surface area contributed by atoms with E-state index in [0.717, 1.165) is 17.2 Å². The van der Waals surface area contributed by atoms with Crippen LogP contribution in [0.1, 0.15) is 37.0 Å². The van der Waals surface area contributed by atoms with Crippen molar-refractivity contribution in [3.8, 4) is 5.75 Å². The van der Waals surface area contributed by atoms with Crippen molar-refractivity contribution >= 4 is 22.5 Å². The molecule has 1 N–H and O–H groups in total. The van der Waals surface area contributed by atoms with Gasteiger partial charge in [0.15, 0.2) is 11.9 Å². The van der Waals surface area contributed by atoms with Crippen LogP contribution >= 0.6 is 0 Å². The van der Waals surface area contributed by atoms with Crippen LogP contribution in [0.5, 0.6) is 5.75 Å². The minimum Gasteiger partial charge on any atom is -0.479 e. The van der Waals surface area contributed by atoms with Gasteiger partial charge in [0, 0.05) is 17.4 Å². The molecule has 0 fully saturated rings. The maximum atomic E-state index is 12.2. The SMILES string of the molecule is CCCC(=O)c1ccc(OC(C)C(=O)O)c2ccccc12. The predicted octanol–water partition coefficient (Wildman–Crippen LogP) is 3.67. The molecule has 0 aliphatic rings. The molecule has 2 aromatic carbocycles. The quantitative estimate of drug-likeness (QED) is 0.823. The minimum atomic E-state index is -1.02. The molecule has 0 saturated heterocycles. The molecule has 0 aliphatic carbocycles. The summed E-state index contributed by atoms with van der Waals surface area (Å²) in [5.41, 5.74) is 0.655. The summed E-state index contributed by atoms with van der Waals surface area (Å²) in [6.45, 7) is 3.44. The van der Waals surface area contributed by atoms with Gasteiger partial charge < -0.3 is 9.84 Å². The van der Waals surface area contributed by atoms with Crippen LogP contribution < -0.4 is 4.74 Å². The van der Waals surface area contributed by atoms with Crippen molar-refractivity contribution < 1.29 is 19.4 Å². The molecule has 4 nitrogen and oxygen atoms in total. The maximum Gasteiger partial charge on any atom is 0.344 e. The smallest absolute Gasteiger partial charge is 0.344 e. The van der Waals surface area contributed by atoms with E-state index in [1.165, 1.54) is 6.92 Å². The molecular weight excluding hydrogens is 268 g/mol. The highest BCUT2D eigenvalue weighted by Gasteiger charge is 2.16. The van der Waals surface area contributed by atoms with Crippen molar-refractivity contribution in [2.45, 2.75) is 32.8 Å². The number of aliphatic carboxylic acids is 1. The lowest BCUT2D eigenvalue weighted by atomic mass is 9.98. The van der Waals surface area contributed by atoms with Gasteiger partial charge in [0.25, 0.3) is 0 Å². The summed E-state index contributed by atoms with van der Waals surface area (Å²) in [4.78, 5) is 23.1. The largest absolute Gasteiger partial charge is 0.479 e. The van der Waals surface area contributed by atoms with Gasteiger partial charge in [-0.2, -0.15) is 0 Å². The highest BCUT2D eigenvalue weighted by Crippen LogP contribution is 2.30. The lowest BCUT2D eigenvalue weighted by molar-refractivity contribution is -0.144. The molecule has 0 bridgehead atoms. The summed E-state index contributed by atoms with van der Waals surface area (Å²) in [6, 6.07) is 10.8. The fourth-order valence-electron chi connectivity index (χ4n) is 2.22. The summed E-state index contributed by atoms with van der Waals surface area (Å²) in [5.74, 6) is -0.453. The summed E-state index contributed by atoms with van der Waals surface area (Å²) in [6.07, 6.45) is 0.350. The molecular formula is C17H18O4. The first kappa shape index (κ1) is 15.0. The maximum absolute atomic E-state index is 12.2. The number of ether oxygens (including phenoxy) is 1. The van der Waals surface area contributed by atoms with Gasteiger partial charge in [-0.25, -0.2) is 4.79 Å². The average molecular weight is 286 g/mol. The molecule has 2 rings (SSSR count). The normalized spacial score (nSPS) is 12.1. The van der Waals surface area contributed by atoms with Gasteiger partial charge in [-0.3, -0.25) is 4.79 Å². The lowest BCUT2D eigenvalue weighted by Gasteiger charge is -2.14. The van der Waals surface area contributed by atoms with E-state index in [4.69, 9.17) is 9.84 Å². The molecule has 0 radical (unpaired) electrons. The van der Waals surface area contributed by atoms with E-state index in [-0.39, 0.29) is 5.78 Å². The number of fused-ring (bicyclic) bond motifs is 1. The molecule has 4 heteroatoms. The zero-order valence-corrected chi connectivity index (χ0v) is 12.1. The van der Waals surface area contributed by atoms with Crippen LogP contribution in [-0.2, 0) is 4.79 Å². The van der Waals surface area contributed by atoms with Gasteiger partial charge in [-0.05, 0) is 30.9 Å². The molecule has 0 spiro atoms. The van der Waals surface area contributed by atoms with Gasteiger partial charge in [-0.15, -0.1) is 0 Å². The van der Waals surface area contributed by atoms with Crippen LogP contribution in [0.25, 0.3) is 10.8 Å². The van der Waals surface area contributed by atoms with E-state index in [0.29, 0.717) is 17.7 Å². The predicted molar refractivity (Wildman–Crippen MR) is 80.9 cm³/mol. The molecule has 2 aromatic rings. The first-order valence-corrected chi connectivity index (χ1v) is 6.99. The third kappa shape index (κ3) is 3.21. The number of hydrogen-bond acceptors (Lipinski definition) is 3. The van der Waals surface area contributed by atoms with E-state index in [1.54, 1.807) is 12.1 Å². The van der Waals surface area contributed by atoms with Crippen molar-refractivity contribution in [1.29, 1.82) is 0 Å². The topological polar surface area (TPSA) is 63.6 Å². The second-order valence-corrected chi connectivity index (χ2v) is 4.93. The number of carboxylic acids is 1. The van der Waals surface area contributed by atoms with Crippen molar-refractivity contribution in [3.63, 3.8) is 0 Å². The number of hydrogen-bond donors (Lipinski definition) is 1. The van der Waals surface area contributed by atoms with Crippen molar-refractivity contribution in [2.75, 3.05) is 0 Å². The summed E-state index contributed by atoms with van der Waals surface area (Å²) < 4.78 is 5.47. The fraction of sp³-hybridized carbons (Fsp3) is 0.294. The van der Waals surface area contributed by atoms with Crippen LogP contribution in [0.4, 0.5) is 0 Å². The van der Waals surface area contributed by atoms with E-state index in [9.17, 15) is 9.59 Å². The molecule has 0 saturated carbocycles. The molecule has 110 valence electrons. The Bertz CT molecular complexity index is 676. The minimum absolute atomic E-state index is 0.0894. The second-order valence-electron chi connectivity index (χ2n) is 4.93. The van der Waals surface area contributed by atoms with Gasteiger partial charge in [0.1, 0.15) is 5.75 Å². The van der Waals surface area contributed by atoms with Gasteiger partial charge in [-0.1, -0.05) is 31.2 Å². The number of carboxylic acid groups (broad SMARTS) is 1. The highest BCUT2D eigenvalue weighted by molar-refractivity contribution is 6.09. The fourth-order valence-corrected chi connectivity index (χ4v) is 2.22. The van der Waals surface area contributed by atoms with E-state index in [1.807, 2.05) is 31.2 Å². The number of benzene rings is 2. The van der Waals surface area contributed by atoms with Crippen molar-refractivity contribution in [3.05, 3.63) is 42.0 Å². The average Bonchev–Trinajstić information content (AvgIpc) is 2.47. The third-order valence-electron chi connectivity index (χ3n) is 3.31. The summed E-state index contributed by atoms with van der Waals surface area (Å²) >= 11 is 0. The number of rotatable bonds is 6. The number of carbonyl (C=O) groups is 2. The van der Waals surface area contributed by atoms with Crippen molar-refractivity contribution in [1.82, 2.24) is 0 Å². The van der Waals surface area contributed by atoms with E-state index >= 15 is 0 Å². The Hall–Kier alpha value is -2.36. The Balaban J connectivity index is 2.49. The Morgan fingerprint density at radius 3 is 2.43 bits per heavy atom. The second kappa shape index (κ2) is 6.39. The van der Waals surface area contributed by atoms with Crippen molar-refractivity contribution in [2.24, 2.45) is 0 Å². The Morgan fingerprint density at radius 1 is 1.14 bits per heavy atom. The molecule has 1 atom stereocenters. The Labute approximate surface area is 123 Å².